The predicted octanol–water partition coefficient (Wildman–Crippen LogP) is 0.403. The number of tetrazole rings is 1. The average molecular weight is 266 g/mol. The van der Waals surface area contributed by atoms with Crippen molar-refractivity contribution < 1.29 is 0 Å². The Labute approximate surface area is 113 Å². The molecule has 0 bridgehead atoms. The molecule has 8 heteroatoms. The van der Waals surface area contributed by atoms with Crippen molar-refractivity contribution in [1.82, 2.24) is 30.4 Å². The second-order valence-electron chi connectivity index (χ2n) is 3.95. The van der Waals surface area contributed by atoms with Crippen LogP contribution in [0.25, 0.3) is 17.2 Å². The molecule has 0 amide bonds. The lowest BCUT2D eigenvalue weighted by molar-refractivity contribution is 0.686. The van der Waals surface area contributed by atoms with E-state index >= 15 is 0 Å². The first-order valence-electron chi connectivity index (χ1n) is 5.77. The van der Waals surface area contributed by atoms with Gasteiger partial charge in [0.1, 0.15) is 5.84 Å². The topological polar surface area (TPSA) is 119 Å². The first-order valence-corrected chi connectivity index (χ1v) is 5.77. The van der Waals surface area contributed by atoms with E-state index in [1.54, 1.807) is 6.07 Å². The second-order valence-corrected chi connectivity index (χ2v) is 3.95. The van der Waals surface area contributed by atoms with Crippen LogP contribution in [0.15, 0.2) is 42.6 Å². The van der Waals surface area contributed by atoms with Crippen LogP contribution >= 0.6 is 0 Å². The number of amidine groups is 1. The molecule has 1 aromatic carbocycles. The molecule has 0 saturated carbocycles. The van der Waals surface area contributed by atoms with Crippen LogP contribution in [0.5, 0.6) is 0 Å². The SMILES string of the molecule is N=C(N)c1ccnnc1-n1nnc(-c2ccccc2)n1. The Kier molecular flexibility index (Phi) is 2.88. The molecule has 0 aliphatic carbocycles. The highest BCUT2D eigenvalue weighted by Crippen LogP contribution is 2.14. The van der Waals surface area contributed by atoms with Gasteiger partial charge in [-0.1, -0.05) is 30.3 Å². The first kappa shape index (κ1) is 11.9. The Balaban J connectivity index is 2.05. The van der Waals surface area contributed by atoms with Gasteiger partial charge < -0.3 is 5.73 Å². The molecular formula is C12H10N8. The van der Waals surface area contributed by atoms with Crippen LogP contribution in [0, 0.1) is 5.41 Å². The Morgan fingerprint density at radius 3 is 2.65 bits per heavy atom. The quantitative estimate of drug-likeness (QED) is 0.523. The number of nitrogens with two attached hydrogens (primary N) is 1. The van der Waals surface area contributed by atoms with Crippen molar-refractivity contribution in [1.29, 1.82) is 5.41 Å². The van der Waals surface area contributed by atoms with E-state index in [1.165, 1.54) is 11.0 Å². The second kappa shape index (κ2) is 4.84. The highest BCUT2D eigenvalue weighted by atomic mass is 15.6. The highest BCUT2D eigenvalue weighted by molar-refractivity contribution is 5.97. The van der Waals surface area contributed by atoms with E-state index < -0.39 is 0 Å². The maximum Gasteiger partial charge on any atom is 0.208 e. The van der Waals surface area contributed by atoms with E-state index in [1.807, 2.05) is 30.3 Å². The van der Waals surface area contributed by atoms with Crippen LogP contribution in [0.1, 0.15) is 5.56 Å². The molecule has 20 heavy (non-hydrogen) atoms. The molecule has 3 aromatic rings. The van der Waals surface area contributed by atoms with Crippen molar-refractivity contribution in [3.63, 3.8) is 0 Å². The van der Waals surface area contributed by atoms with Crippen molar-refractivity contribution in [3.05, 3.63) is 48.2 Å². The van der Waals surface area contributed by atoms with E-state index in [0.29, 0.717) is 11.4 Å². The highest BCUT2D eigenvalue weighted by Gasteiger charge is 2.13. The molecule has 2 heterocycles. The monoisotopic (exact) mass is 266 g/mol. The maximum absolute atomic E-state index is 7.52. The fourth-order valence-electron chi connectivity index (χ4n) is 1.69. The summed E-state index contributed by atoms with van der Waals surface area (Å²) in [5.41, 5.74) is 6.74. The molecule has 0 radical (unpaired) electrons. The largest absolute Gasteiger partial charge is 0.384 e. The van der Waals surface area contributed by atoms with Crippen LogP contribution in [0.2, 0.25) is 0 Å². The van der Waals surface area contributed by atoms with Gasteiger partial charge >= 0.3 is 0 Å². The van der Waals surface area contributed by atoms with Gasteiger partial charge in [-0.25, -0.2) is 0 Å². The van der Waals surface area contributed by atoms with Gasteiger partial charge in [0.15, 0.2) is 0 Å². The number of hydrogen-bond donors (Lipinski definition) is 2. The summed E-state index contributed by atoms with van der Waals surface area (Å²) in [7, 11) is 0. The third-order valence-corrected chi connectivity index (χ3v) is 2.63. The molecule has 0 aliphatic rings. The van der Waals surface area contributed by atoms with Crippen molar-refractivity contribution in [2.24, 2.45) is 5.73 Å². The normalized spacial score (nSPS) is 10.4. The van der Waals surface area contributed by atoms with E-state index in [-0.39, 0.29) is 11.7 Å². The number of nitrogens with one attached hydrogen (secondary N) is 1. The zero-order valence-corrected chi connectivity index (χ0v) is 10.3. The van der Waals surface area contributed by atoms with Crippen LogP contribution in [-0.2, 0) is 0 Å². The number of aromatic nitrogens is 6. The van der Waals surface area contributed by atoms with Crippen molar-refractivity contribution >= 4 is 5.84 Å². The molecule has 3 rings (SSSR count). The summed E-state index contributed by atoms with van der Waals surface area (Å²) >= 11 is 0. The van der Waals surface area contributed by atoms with Crippen LogP contribution in [0.3, 0.4) is 0 Å². The molecule has 0 aliphatic heterocycles. The number of nitrogens with zero attached hydrogens (tertiary/aromatic N) is 6. The van der Waals surface area contributed by atoms with Gasteiger partial charge in [-0.05, 0) is 11.3 Å². The van der Waals surface area contributed by atoms with Gasteiger partial charge in [0.2, 0.25) is 11.6 Å². The molecule has 0 atom stereocenters. The minimum Gasteiger partial charge on any atom is -0.384 e. The maximum atomic E-state index is 7.52. The van der Waals surface area contributed by atoms with Crippen molar-refractivity contribution in [3.8, 4) is 17.2 Å². The standard InChI is InChI=1S/C12H10N8/c13-10(14)9-6-7-15-17-12(9)20-18-11(16-19-20)8-4-2-1-3-5-8/h1-7H,(H3,13,14). The molecule has 0 unspecified atom stereocenters. The summed E-state index contributed by atoms with van der Waals surface area (Å²) in [5, 5.41) is 27.3. The average Bonchev–Trinajstić information content (AvgIpc) is 2.98. The minimum atomic E-state index is -0.131. The molecule has 98 valence electrons. The number of rotatable bonds is 3. The zero-order valence-electron chi connectivity index (χ0n) is 10.3. The van der Waals surface area contributed by atoms with Gasteiger partial charge in [0, 0.05) is 5.56 Å². The lowest BCUT2D eigenvalue weighted by Crippen LogP contribution is -2.17. The summed E-state index contributed by atoms with van der Waals surface area (Å²) in [5.74, 6) is 0.605. The molecule has 3 N–H and O–H groups in total. The van der Waals surface area contributed by atoms with E-state index in [9.17, 15) is 0 Å². The first-order chi connectivity index (χ1) is 9.75. The van der Waals surface area contributed by atoms with Gasteiger partial charge in [-0.3, -0.25) is 5.41 Å². The number of nitrogen functional groups attached to an aromatic ring is 1. The summed E-state index contributed by atoms with van der Waals surface area (Å²) in [4.78, 5) is 1.21. The van der Waals surface area contributed by atoms with E-state index in [4.69, 9.17) is 11.1 Å². The smallest absolute Gasteiger partial charge is 0.208 e. The Hall–Kier alpha value is -3.16. The van der Waals surface area contributed by atoms with Crippen LogP contribution < -0.4 is 5.73 Å². The van der Waals surface area contributed by atoms with Gasteiger partial charge in [0.25, 0.3) is 0 Å². The van der Waals surface area contributed by atoms with Gasteiger partial charge in [0.05, 0.1) is 11.8 Å². The number of benzene rings is 1. The lowest BCUT2D eigenvalue weighted by Gasteiger charge is -2.02. The fourth-order valence-corrected chi connectivity index (χ4v) is 1.69. The minimum absolute atomic E-state index is 0.131. The lowest BCUT2D eigenvalue weighted by atomic mass is 10.2. The van der Waals surface area contributed by atoms with E-state index in [2.05, 4.69) is 25.6 Å². The summed E-state index contributed by atoms with van der Waals surface area (Å²) < 4.78 is 0. The molecule has 0 saturated heterocycles. The third kappa shape index (κ3) is 2.09. The molecule has 8 nitrogen and oxygen atoms in total. The summed E-state index contributed by atoms with van der Waals surface area (Å²) in [6.45, 7) is 0. The van der Waals surface area contributed by atoms with Crippen LogP contribution in [0.4, 0.5) is 0 Å². The van der Waals surface area contributed by atoms with Crippen molar-refractivity contribution in [2.75, 3.05) is 0 Å². The summed E-state index contributed by atoms with van der Waals surface area (Å²) in [6, 6.07) is 11.0. The molecule has 2 aromatic heterocycles. The van der Waals surface area contributed by atoms with Crippen LogP contribution in [-0.4, -0.2) is 36.2 Å². The Bertz CT molecular complexity index is 749. The fraction of sp³-hybridized carbons (Fsp3) is 0. The number of hydrogen-bond acceptors (Lipinski definition) is 6. The Morgan fingerprint density at radius 2 is 1.90 bits per heavy atom. The van der Waals surface area contributed by atoms with Gasteiger partial charge in [-0.15, -0.1) is 20.1 Å². The predicted molar refractivity (Wildman–Crippen MR) is 71.2 cm³/mol. The zero-order chi connectivity index (χ0) is 13.9. The Morgan fingerprint density at radius 1 is 1.10 bits per heavy atom. The molecule has 0 spiro atoms. The third-order valence-electron chi connectivity index (χ3n) is 2.63. The van der Waals surface area contributed by atoms with E-state index in [0.717, 1.165) is 5.56 Å². The molecular weight excluding hydrogens is 256 g/mol. The summed E-state index contributed by atoms with van der Waals surface area (Å²) in [6.07, 6.45) is 1.45. The van der Waals surface area contributed by atoms with Crippen molar-refractivity contribution in [2.45, 2.75) is 0 Å². The molecule has 0 fully saturated rings. The van der Waals surface area contributed by atoms with Gasteiger partial charge in [-0.2, -0.15) is 5.10 Å².